The molecule has 2 N–H and O–H groups in total. The molecular weight excluding hydrogens is 188 g/mol. The number of nitrogens with one attached hydrogen (secondary N) is 1. The summed E-state index contributed by atoms with van der Waals surface area (Å²) in [6.07, 6.45) is 7.72. The van der Waals surface area contributed by atoms with Gasteiger partial charge in [-0.25, -0.2) is 10.5 Å². The van der Waals surface area contributed by atoms with Crippen LogP contribution in [0.5, 0.6) is 0 Å². The summed E-state index contributed by atoms with van der Waals surface area (Å²) in [5, 5.41) is 10.4. The Kier molecular flexibility index (Phi) is 3.20. The summed E-state index contributed by atoms with van der Waals surface area (Å²) in [7, 11) is 0. The second-order valence-corrected chi connectivity index (χ2v) is 2.89. The highest BCUT2D eigenvalue weighted by Crippen LogP contribution is 2.09. The number of hydrogen-bond acceptors (Lipinski definition) is 4. The zero-order chi connectivity index (χ0) is 9.68. The molecule has 1 aromatic heterocycles. The molecule has 5 heteroatoms. The minimum atomic E-state index is -0.602. The monoisotopic (exact) mass is 194 g/mol. The number of terminal acetylenes is 1. The average molecular weight is 194 g/mol. The van der Waals surface area contributed by atoms with Gasteiger partial charge in [0.05, 0.1) is 5.69 Å². The number of aromatic nitrogens is 1. The van der Waals surface area contributed by atoms with Crippen molar-refractivity contribution in [3.05, 3.63) is 22.2 Å². The molecule has 4 nitrogen and oxygen atoms in total. The second kappa shape index (κ2) is 4.40. The Morgan fingerprint density at radius 2 is 2.62 bits per heavy atom. The van der Waals surface area contributed by atoms with Crippen LogP contribution >= 0.6 is 11.3 Å². The summed E-state index contributed by atoms with van der Waals surface area (Å²) in [6, 6.07) is 0. The summed E-state index contributed by atoms with van der Waals surface area (Å²) < 4.78 is 0. The summed E-state index contributed by atoms with van der Waals surface area (Å²) in [4.78, 5) is 14.5. The van der Waals surface area contributed by atoms with E-state index in [0.29, 0.717) is 10.7 Å². The van der Waals surface area contributed by atoms with E-state index >= 15 is 0 Å². The van der Waals surface area contributed by atoms with Gasteiger partial charge in [0, 0.05) is 11.5 Å². The van der Waals surface area contributed by atoms with E-state index in [2.05, 4.69) is 10.9 Å². The first-order valence-electron chi connectivity index (χ1n) is 3.30. The van der Waals surface area contributed by atoms with Crippen LogP contribution in [0.4, 0.5) is 0 Å². The molecular formula is C8H6N2O2S. The van der Waals surface area contributed by atoms with Gasteiger partial charge in [-0.2, -0.15) is 0 Å². The fourth-order valence-electron chi connectivity index (χ4n) is 0.627. The first-order chi connectivity index (χ1) is 6.26. The first kappa shape index (κ1) is 9.45. The fraction of sp³-hybridized carbons (Fsp3) is 0. The molecule has 0 saturated carbocycles. The lowest BCUT2D eigenvalue weighted by Gasteiger charge is -1.86. The lowest BCUT2D eigenvalue weighted by atomic mass is 10.4. The van der Waals surface area contributed by atoms with Gasteiger partial charge in [-0.05, 0) is 12.0 Å². The Bertz CT molecular complexity index is 376. The fourth-order valence-corrected chi connectivity index (χ4v) is 1.22. The Morgan fingerprint density at radius 1 is 1.85 bits per heavy atom. The van der Waals surface area contributed by atoms with E-state index < -0.39 is 5.91 Å². The topological polar surface area (TPSA) is 62.2 Å². The maximum atomic E-state index is 10.5. The molecule has 0 bridgehead atoms. The third-order valence-electron chi connectivity index (χ3n) is 1.16. The molecule has 0 radical (unpaired) electrons. The Morgan fingerprint density at radius 3 is 3.15 bits per heavy atom. The second-order valence-electron chi connectivity index (χ2n) is 2.03. The van der Waals surface area contributed by atoms with E-state index in [9.17, 15) is 4.79 Å². The van der Waals surface area contributed by atoms with Gasteiger partial charge in [0.1, 0.15) is 0 Å². The van der Waals surface area contributed by atoms with Crippen molar-refractivity contribution in [2.75, 3.05) is 0 Å². The van der Waals surface area contributed by atoms with E-state index in [-0.39, 0.29) is 0 Å². The molecule has 1 rings (SSSR count). The normalized spacial score (nSPS) is 9.85. The zero-order valence-electron chi connectivity index (χ0n) is 6.52. The first-order valence-corrected chi connectivity index (χ1v) is 4.18. The van der Waals surface area contributed by atoms with Crippen LogP contribution in [0, 0.1) is 12.3 Å². The molecule has 0 aromatic carbocycles. The molecule has 0 saturated heterocycles. The van der Waals surface area contributed by atoms with Crippen molar-refractivity contribution in [3.8, 4) is 12.3 Å². The predicted octanol–water partition coefficient (Wildman–Crippen LogP) is 0.643. The number of amides is 1. The van der Waals surface area contributed by atoms with Gasteiger partial charge < -0.3 is 0 Å². The molecule has 13 heavy (non-hydrogen) atoms. The highest BCUT2D eigenvalue weighted by Gasteiger charge is 1.96. The SMILES string of the molecule is C#Cc1nc(/C=C/C(=O)NO)cs1. The van der Waals surface area contributed by atoms with Gasteiger partial charge in [0.15, 0.2) is 5.01 Å². The van der Waals surface area contributed by atoms with E-state index in [1.807, 2.05) is 0 Å². The average Bonchev–Trinajstić information content (AvgIpc) is 2.61. The molecule has 66 valence electrons. The van der Waals surface area contributed by atoms with Crippen molar-refractivity contribution in [2.45, 2.75) is 0 Å². The molecule has 0 aliphatic rings. The van der Waals surface area contributed by atoms with Crippen LogP contribution in [0.1, 0.15) is 10.7 Å². The number of nitrogens with zero attached hydrogens (tertiary/aromatic N) is 1. The number of thiazole rings is 1. The lowest BCUT2D eigenvalue weighted by molar-refractivity contribution is -0.124. The van der Waals surface area contributed by atoms with Crippen molar-refractivity contribution < 1.29 is 10.0 Å². The van der Waals surface area contributed by atoms with E-state index in [0.717, 1.165) is 6.08 Å². The van der Waals surface area contributed by atoms with Crippen LogP contribution in [-0.4, -0.2) is 16.1 Å². The van der Waals surface area contributed by atoms with Crippen molar-refractivity contribution in [2.24, 2.45) is 0 Å². The summed E-state index contributed by atoms with van der Waals surface area (Å²) in [5.74, 6) is 1.77. The summed E-state index contributed by atoms with van der Waals surface area (Å²) in [6.45, 7) is 0. The molecule has 0 fully saturated rings. The van der Waals surface area contributed by atoms with E-state index in [1.54, 1.807) is 5.38 Å². The number of carbonyl (C=O) groups excluding carboxylic acids is 1. The van der Waals surface area contributed by atoms with Crippen LogP contribution in [0.2, 0.25) is 0 Å². The lowest BCUT2D eigenvalue weighted by Crippen LogP contribution is -2.14. The Labute approximate surface area is 78.9 Å². The van der Waals surface area contributed by atoms with Gasteiger partial charge in [-0.1, -0.05) is 0 Å². The van der Waals surface area contributed by atoms with Gasteiger partial charge in [0.25, 0.3) is 5.91 Å². The molecule has 0 unspecified atom stereocenters. The van der Waals surface area contributed by atoms with E-state index in [4.69, 9.17) is 11.6 Å². The quantitative estimate of drug-likeness (QED) is 0.314. The molecule has 0 aliphatic carbocycles. The van der Waals surface area contributed by atoms with Crippen LogP contribution in [0.25, 0.3) is 6.08 Å². The van der Waals surface area contributed by atoms with Crippen LogP contribution in [0.3, 0.4) is 0 Å². The number of hydroxylamine groups is 1. The van der Waals surface area contributed by atoms with Crippen molar-refractivity contribution >= 4 is 23.3 Å². The van der Waals surface area contributed by atoms with Gasteiger partial charge in [0.2, 0.25) is 0 Å². The minimum absolute atomic E-state index is 0.559. The molecule has 1 heterocycles. The number of hydrogen-bond donors (Lipinski definition) is 2. The Hall–Kier alpha value is -1.64. The molecule has 1 aromatic rings. The Balaban J connectivity index is 2.70. The van der Waals surface area contributed by atoms with Crippen molar-refractivity contribution in [1.29, 1.82) is 0 Å². The molecule has 0 spiro atoms. The van der Waals surface area contributed by atoms with E-state index in [1.165, 1.54) is 22.9 Å². The maximum absolute atomic E-state index is 10.5. The van der Waals surface area contributed by atoms with Crippen LogP contribution < -0.4 is 5.48 Å². The summed E-state index contributed by atoms with van der Waals surface area (Å²) >= 11 is 1.32. The van der Waals surface area contributed by atoms with Crippen molar-refractivity contribution in [3.63, 3.8) is 0 Å². The van der Waals surface area contributed by atoms with Gasteiger partial charge >= 0.3 is 0 Å². The molecule has 1 amide bonds. The highest BCUT2D eigenvalue weighted by atomic mass is 32.1. The third-order valence-corrected chi connectivity index (χ3v) is 1.95. The standard InChI is InChI=1S/C8H6N2O2S/c1-2-8-9-6(5-13-8)3-4-7(11)10-12/h1,3-5,12H,(H,10,11)/b4-3+. The predicted molar refractivity (Wildman–Crippen MR) is 49.0 cm³/mol. The third kappa shape index (κ3) is 2.71. The highest BCUT2D eigenvalue weighted by molar-refractivity contribution is 7.10. The van der Waals surface area contributed by atoms with Gasteiger partial charge in [-0.3, -0.25) is 10.0 Å². The molecule has 0 atom stereocenters. The smallest absolute Gasteiger partial charge is 0.267 e. The summed E-state index contributed by atoms with van der Waals surface area (Å²) in [5.41, 5.74) is 2.06. The van der Waals surface area contributed by atoms with Crippen LogP contribution in [-0.2, 0) is 4.79 Å². The maximum Gasteiger partial charge on any atom is 0.267 e. The number of rotatable bonds is 2. The van der Waals surface area contributed by atoms with Crippen LogP contribution in [0.15, 0.2) is 11.5 Å². The minimum Gasteiger partial charge on any atom is -0.288 e. The zero-order valence-corrected chi connectivity index (χ0v) is 7.34. The van der Waals surface area contributed by atoms with Gasteiger partial charge in [-0.15, -0.1) is 17.8 Å². The largest absolute Gasteiger partial charge is 0.288 e. The van der Waals surface area contributed by atoms with Crippen molar-refractivity contribution in [1.82, 2.24) is 10.5 Å². The number of carbonyl (C=O) groups is 1. The molecule has 0 aliphatic heterocycles.